The van der Waals surface area contributed by atoms with Crippen molar-refractivity contribution < 1.29 is 69.0 Å². The monoisotopic (exact) mass is 1180 g/mol. The van der Waals surface area contributed by atoms with E-state index < -0.39 is 67.0 Å². The minimum Gasteiger partial charge on any atom is -0.748 e. The summed E-state index contributed by atoms with van der Waals surface area (Å²) in [6.45, 7) is 17.2. The number of phenolic OH excluding ortho intramolecular Hbond substituents is 1. The van der Waals surface area contributed by atoms with Crippen LogP contribution in [0.15, 0.2) is 130 Å². The first-order valence-corrected chi connectivity index (χ1v) is 31.2. The molecule has 5 fully saturated rings. The van der Waals surface area contributed by atoms with Gasteiger partial charge in [0.05, 0.1) is 43.0 Å². The molecule has 0 radical (unpaired) electrons. The molecule has 446 valence electrons. The lowest BCUT2D eigenvalue weighted by atomic mass is 9.48. The smallest absolute Gasteiger partial charge is 0.316 e. The average Bonchev–Trinajstić information content (AvgIpc) is 3.70. The van der Waals surface area contributed by atoms with Crippen molar-refractivity contribution in [1.29, 1.82) is 0 Å². The predicted octanol–water partition coefficient (Wildman–Crippen LogP) is 15.4. The first-order valence-electron chi connectivity index (χ1n) is 28.4. The van der Waals surface area contributed by atoms with E-state index >= 15 is 0 Å². The molecule has 0 heterocycles. The Morgan fingerprint density at radius 2 is 1.18 bits per heavy atom. The van der Waals surface area contributed by atoms with Crippen LogP contribution >= 0.6 is 0 Å². The van der Waals surface area contributed by atoms with Crippen LogP contribution in [0.3, 0.4) is 0 Å². The number of halogens is 4. The summed E-state index contributed by atoms with van der Waals surface area (Å²) in [5.74, 6) is -1.20. The first-order chi connectivity index (χ1) is 38.5. The Kier molecular flexibility index (Phi) is 22.0. The van der Waals surface area contributed by atoms with Gasteiger partial charge in [-0.1, -0.05) is 39.8 Å². The lowest BCUT2D eigenvalue weighted by molar-refractivity contribution is -0.217. The second-order valence-electron chi connectivity index (χ2n) is 24.0. The van der Waals surface area contributed by atoms with Crippen molar-refractivity contribution in [3.8, 4) is 17.2 Å². The average molecular weight is 1180 g/mol. The number of aromatic hydroxyl groups is 1. The molecule has 82 heavy (non-hydrogen) atoms. The van der Waals surface area contributed by atoms with E-state index in [1.165, 1.54) is 48.0 Å². The number of benzene rings is 5. The maximum Gasteiger partial charge on any atom is 0.316 e. The summed E-state index contributed by atoms with van der Waals surface area (Å²) in [4.78, 5) is 40.2. The van der Waals surface area contributed by atoms with Gasteiger partial charge in [-0.3, -0.25) is 14.4 Å². The van der Waals surface area contributed by atoms with E-state index in [0.717, 1.165) is 66.1 Å². The predicted molar refractivity (Wildman–Crippen MR) is 307 cm³/mol. The third kappa shape index (κ3) is 17.8. The van der Waals surface area contributed by atoms with Crippen LogP contribution in [0.2, 0.25) is 0 Å². The molecule has 5 aromatic carbocycles. The zero-order valence-corrected chi connectivity index (χ0v) is 50.3. The lowest BCUT2D eigenvalue weighted by Gasteiger charge is -2.60. The number of ether oxygens (including phenoxy) is 4. The SMILES string of the molecule is CCC(C)(C)C(=O)OC12CC3CC(C1)CC(C(=O)OCCS(=O)(=O)[O-])(C3)C2.CCC(C)(C)C(=O)Oc1ccc(OC2(C)CCCC2)c(F)c1.CCC(C)c1ccc(O)cc1.Fc1ccc([S+](c2ccc(F)cc2)c2ccc(F)cc2)cc1. The van der Waals surface area contributed by atoms with Crippen LogP contribution in [0.5, 0.6) is 17.2 Å². The first kappa shape index (κ1) is 65.2. The van der Waals surface area contributed by atoms with Gasteiger partial charge in [-0.25, -0.2) is 26.0 Å². The highest BCUT2D eigenvalue weighted by atomic mass is 32.2. The fourth-order valence-corrected chi connectivity index (χ4v) is 13.4. The topological polar surface area (TPSA) is 166 Å². The van der Waals surface area contributed by atoms with Crippen molar-refractivity contribution in [2.24, 2.45) is 28.1 Å². The largest absolute Gasteiger partial charge is 0.748 e. The summed E-state index contributed by atoms with van der Waals surface area (Å²) < 4.78 is 108. The molecule has 0 aliphatic heterocycles. The number of phenols is 1. The van der Waals surface area contributed by atoms with Crippen LogP contribution in [0.1, 0.15) is 157 Å². The van der Waals surface area contributed by atoms with E-state index in [0.29, 0.717) is 55.6 Å². The van der Waals surface area contributed by atoms with Gasteiger partial charge < -0.3 is 28.6 Å². The molecular weight excluding hydrogens is 1100 g/mol. The highest BCUT2D eigenvalue weighted by Crippen LogP contribution is 2.63. The fraction of sp³-hybridized carbons (Fsp3) is 0.492. The fourth-order valence-electron chi connectivity index (χ4n) is 11.1. The number of rotatable bonds is 17. The van der Waals surface area contributed by atoms with Crippen LogP contribution < -0.4 is 9.47 Å². The van der Waals surface area contributed by atoms with Gasteiger partial charge in [-0.2, -0.15) is 0 Å². The third-order valence-corrected chi connectivity index (χ3v) is 19.4. The summed E-state index contributed by atoms with van der Waals surface area (Å²) in [5, 5.41) is 9.01. The standard InChI is InChI=1S/C19H30O7S.C18H12F3S.C18H25FO3.C10H14O/c1-4-17(2,3)15(20)26-19-10-13-7-14(11-19)9-18(8-13,12-19)16(21)25-5-6-27(22,23)24;19-13-1-7-16(8-2-13)22(17-9-3-14(20)4-10-17)18-11-5-15(21)6-12-18;1-5-17(2,3)16(20)21-13-8-9-15(14(19)12-13)22-18(4)10-6-7-11-18;1-3-8(2)9-4-6-10(11)7-5-9/h13-14H,4-12H2,1-3H3,(H,22,23,24);1-12H;8-9,12H,5-7,10-11H2,1-4H3;4-8,11H,3H2,1-2H3/q;+1;;/p-1. The van der Waals surface area contributed by atoms with Crippen molar-refractivity contribution in [3.05, 3.63) is 144 Å². The van der Waals surface area contributed by atoms with Crippen LogP contribution in [0, 0.1) is 51.3 Å². The Morgan fingerprint density at radius 3 is 1.62 bits per heavy atom. The molecule has 0 spiro atoms. The van der Waals surface area contributed by atoms with Crippen LogP contribution in [-0.2, 0) is 44.9 Å². The number of hydrogen-bond acceptors (Lipinski definition) is 11. The highest BCUT2D eigenvalue weighted by molar-refractivity contribution is 7.97. The van der Waals surface area contributed by atoms with Crippen LogP contribution in [0.4, 0.5) is 17.6 Å². The zero-order chi connectivity index (χ0) is 60.3. The van der Waals surface area contributed by atoms with Gasteiger partial charge in [0.2, 0.25) is 0 Å². The molecule has 0 saturated heterocycles. The van der Waals surface area contributed by atoms with E-state index in [1.54, 1.807) is 60.7 Å². The van der Waals surface area contributed by atoms with Crippen molar-refractivity contribution in [2.45, 2.75) is 178 Å². The molecule has 3 atom stereocenters. The van der Waals surface area contributed by atoms with Gasteiger partial charge in [0, 0.05) is 12.5 Å². The summed E-state index contributed by atoms with van der Waals surface area (Å²) in [6.07, 6.45) is 11.0. The van der Waals surface area contributed by atoms with Crippen molar-refractivity contribution in [1.82, 2.24) is 0 Å². The highest BCUT2D eigenvalue weighted by Gasteiger charge is 2.63. The van der Waals surface area contributed by atoms with Gasteiger partial charge >= 0.3 is 17.9 Å². The minimum atomic E-state index is -4.42. The van der Waals surface area contributed by atoms with Crippen LogP contribution in [-0.4, -0.2) is 59.5 Å². The van der Waals surface area contributed by atoms with Crippen LogP contribution in [0.25, 0.3) is 0 Å². The Morgan fingerprint density at radius 1 is 0.707 bits per heavy atom. The normalized spacial score (nSPS) is 20.9. The molecule has 17 heteroatoms. The molecule has 5 aliphatic rings. The Balaban J connectivity index is 0.000000182. The molecule has 5 saturated carbocycles. The van der Waals surface area contributed by atoms with E-state index in [1.807, 2.05) is 60.6 Å². The Labute approximate surface area is 485 Å². The molecule has 3 unspecified atom stereocenters. The summed E-state index contributed by atoms with van der Waals surface area (Å²) in [5.41, 5.74) is -1.50. The molecule has 4 bridgehead atoms. The molecular formula is C65H80F4O11S2. The van der Waals surface area contributed by atoms with E-state index in [2.05, 4.69) is 13.8 Å². The summed E-state index contributed by atoms with van der Waals surface area (Å²) in [6, 6.07) is 30.3. The number of hydrogen-bond donors (Lipinski definition) is 1. The van der Waals surface area contributed by atoms with Gasteiger partial charge in [0.25, 0.3) is 0 Å². The van der Waals surface area contributed by atoms with Gasteiger partial charge in [0.15, 0.2) is 26.3 Å². The third-order valence-electron chi connectivity index (χ3n) is 16.5. The van der Waals surface area contributed by atoms with E-state index in [9.17, 15) is 44.9 Å². The number of carbonyl (C=O) groups is 3. The maximum absolute atomic E-state index is 14.2. The molecule has 11 nitrogen and oxygen atoms in total. The second kappa shape index (κ2) is 27.7. The molecule has 5 aromatic rings. The summed E-state index contributed by atoms with van der Waals surface area (Å²) >= 11 is 0. The van der Waals surface area contributed by atoms with Gasteiger partial charge in [-0.15, -0.1) is 0 Å². The Bertz CT molecular complexity index is 2910. The zero-order valence-electron chi connectivity index (χ0n) is 48.7. The molecule has 0 amide bonds. The van der Waals surface area contributed by atoms with Crippen molar-refractivity contribution >= 4 is 38.9 Å². The molecule has 1 N–H and O–H groups in total. The lowest BCUT2D eigenvalue weighted by Crippen LogP contribution is -2.60. The number of esters is 3. The summed E-state index contributed by atoms with van der Waals surface area (Å²) in [7, 11) is -4.96. The quantitative estimate of drug-likeness (QED) is 0.0310. The van der Waals surface area contributed by atoms with E-state index in [4.69, 9.17) is 24.1 Å². The number of carbonyl (C=O) groups excluding carboxylic acids is 3. The van der Waals surface area contributed by atoms with Gasteiger partial charge in [-0.05, 0) is 232 Å². The van der Waals surface area contributed by atoms with E-state index in [-0.39, 0.29) is 46.5 Å². The second-order valence-corrected chi connectivity index (χ2v) is 27.5. The molecule has 0 aromatic heterocycles. The molecule has 5 aliphatic carbocycles. The molecule has 10 rings (SSSR count). The minimum absolute atomic E-state index is 0.216. The van der Waals surface area contributed by atoms with Crippen molar-refractivity contribution in [3.63, 3.8) is 0 Å². The Hall–Kier alpha value is -5.91. The van der Waals surface area contributed by atoms with Crippen molar-refractivity contribution in [2.75, 3.05) is 12.4 Å². The van der Waals surface area contributed by atoms with Gasteiger partial charge in [0.1, 0.15) is 46.8 Å². The maximum atomic E-state index is 14.2.